The van der Waals surface area contributed by atoms with Crippen LogP contribution in [0.25, 0.3) is 0 Å². The molecule has 2 N–H and O–H groups in total. The number of methoxy groups -OCH3 is 1. The van der Waals surface area contributed by atoms with Gasteiger partial charge in [0.05, 0.1) is 7.11 Å². The summed E-state index contributed by atoms with van der Waals surface area (Å²) in [6, 6.07) is 8.04. The van der Waals surface area contributed by atoms with E-state index in [1.807, 2.05) is 30.0 Å². The summed E-state index contributed by atoms with van der Waals surface area (Å²) in [5.41, 5.74) is 1.18. The van der Waals surface area contributed by atoms with E-state index in [-0.39, 0.29) is 24.0 Å². The van der Waals surface area contributed by atoms with Gasteiger partial charge in [0.25, 0.3) is 0 Å². The van der Waals surface area contributed by atoms with Gasteiger partial charge in [0, 0.05) is 20.1 Å². The lowest BCUT2D eigenvalue weighted by Gasteiger charge is -2.12. The van der Waals surface area contributed by atoms with Crippen LogP contribution in [0.2, 0.25) is 0 Å². The molecule has 0 unspecified atom stereocenters. The number of halogens is 1. The lowest BCUT2D eigenvalue weighted by molar-refractivity contribution is 0.414. The number of benzene rings is 1. The molecule has 0 spiro atoms. The van der Waals surface area contributed by atoms with E-state index in [9.17, 15) is 0 Å². The monoisotopic (exact) mass is 423 g/mol. The highest BCUT2D eigenvalue weighted by atomic mass is 127. The molecule has 1 aromatic rings. The number of ether oxygens (including phenoxy) is 1. The number of hydrogen-bond donors (Lipinski definition) is 2. The maximum Gasteiger partial charge on any atom is 0.191 e. The van der Waals surface area contributed by atoms with Gasteiger partial charge >= 0.3 is 0 Å². The molecule has 0 aliphatic heterocycles. The van der Waals surface area contributed by atoms with E-state index in [1.54, 1.807) is 14.2 Å². The predicted octanol–water partition coefficient (Wildman–Crippen LogP) is 3.12. The molecule has 120 valence electrons. The zero-order chi connectivity index (χ0) is 14.6. The number of guanidine groups is 1. The topological polar surface area (TPSA) is 45.7 Å². The maximum absolute atomic E-state index is 5.21. The third-order valence-electron chi connectivity index (χ3n) is 2.89. The Morgan fingerprint density at radius 3 is 2.76 bits per heavy atom. The van der Waals surface area contributed by atoms with Gasteiger partial charge in [-0.2, -0.15) is 11.8 Å². The van der Waals surface area contributed by atoms with Crippen LogP contribution in [-0.2, 0) is 6.54 Å². The van der Waals surface area contributed by atoms with Crippen molar-refractivity contribution in [3.8, 4) is 5.75 Å². The Kier molecular flexibility index (Phi) is 12.7. The fourth-order valence-corrected chi connectivity index (χ4v) is 2.26. The maximum atomic E-state index is 5.21. The van der Waals surface area contributed by atoms with Crippen LogP contribution < -0.4 is 15.4 Å². The number of rotatable bonds is 8. The largest absolute Gasteiger partial charge is 0.497 e. The number of nitrogens with zero attached hydrogens (tertiary/aromatic N) is 1. The molecule has 21 heavy (non-hydrogen) atoms. The standard InChI is InChI=1S/C15H25N3OS.HI/c1-16-15(17-9-4-5-10-20-3)18-12-13-7-6-8-14(11-13)19-2;/h6-8,11H,4-5,9-10,12H2,1-3H3,(H2,16,17,18);1H. The van der Waals surface area contributed by atoms with Crippen molar-refractivity contribution in [3.05, 3.63) is 29.8 Å². The van der Waals surface area contributed by atoms with Gasteiger partial charge in [0.15, 0.2) is 5.96 Å². The van der Waals surface area contributed by atoms with Crippen LogP contribution in [0.1, 0.15) is 18.4 Å². The smallest absolute Gasteiger partial charge is 0.191 e. The molecule has 0 amide bonds. The van der Waals surface area contributed by atoms with Gasteiger partial charge < -0.3 is 15.4 Å². The highest BCUT2D eigenvalue weighted by Crippen LogP contribution is 2.11. The Balaban J connectivity index is 0.00000400. The molecule has 1 rings (SSSR count). The van der Waals surface area contributed by atoms with Crippen molar-refractivity contribution in [2.24, 2.45) is 4.99 Å². The minimum absolute atomic E-state index is 0. The van der Waals surface area contributed by atoms with E-state index < -0.39 is 0 Å². The molecule has 0 aliphatic rings. The average molecular weight is 423 g/mol. The van der Waals surface area contributed by atoms with Crippen molar-refractivity contribution in [3.63, 3.8) is 0 Å². The first-order chi connectivity index (χ1) is 9.80. The molecule has 0 saturated heterocycles. The normalized spacial score (nSPS) is 10.7. The molecule has 0 atom stereocenters. The van der Waals surface area contributed by atoms with Gasteiger partial charge in [-0.1, -0.05) is 12.1 Å². The minimum Gasteiger partial charge on any atom is -0.497 e. The molecule has 0 radical (unpaired) electrons. The Labute approximate surface area is 149 Å². The summed E-state index contributed by atoms with van der Waals surface area (Å²) in [6.07, 6.45) is 4.55. The summed E-state index contributed by atoms with van der Waals surface area (Å²) in [6.45, 7) is 1.69. The molecule has 0 heterocycles. The number of thioether (sulfide) groups is 1. The molecule has 0 aromatic heterocycles. The Bertz CT molecular complexity index is 416. The van der Waals surface area contributed by atoms with Crippen molar-refractivity contribution >= 4 is 41.7 Å². The predicted molar refractivity (Wildman–Crippen MR) is 104 cm³/mol. The number of nitrogens with one attached hydrogen (secondary N) is 2. The summed E-state index contributed by atoms with van der Waals surface area (Å²) in [5.74, 6) is 2.94. The van der Waals surface area contributed by atoms with Crippen LogP contribution in [0.3, 0.4) is 0 Å². The fourth-order valence-electron chi connectivity index (χ4n) is 1.77. The van der Waals surface area contributed by atoms with E-state index >= 15 is 0 Å². The second-order valence-electron chi connectivity index (χ2n) is 4.40. The summed E-state index contributed by atoms with van der Waals surface area (Å²) >= 11 is 1.89. The van der Waals surface area contributed by atoms with Crippen LogP contribution in [0, 0.1) is 0 Å². The van der Waals surface area contributed by atoms with Crippen molar-refractivity contribution in [1.29, 1.82) is 0 Å². The van der Waals surface area contributed by atoms with Crippen LogP contribution in [0.5, 0.6) is 5.75 Å². The first-order valence-corrected chi connectivity index (χ1v) is 8.26. The summed E-state index contributed by atoms with van der Waals surface area (Å²) in [5, 5.41) is 6.63. The molecule has 0 bridgehead atoms. The molecule has 4 nitrogen and oxygen atoms in total. The third kappa shape index (κ3) is 9.08. The molecule has 6 heteroatoms. The molecular weight excluding hydrogens is 397 g/mol. The van der Waals surface area contributed by atoms with Crippen molar-refractivity contribution in [2.45, 2.75) is 19.4 Å². The van der Waals surface area contributed by atoms with Crippen molar-refractivity contribution < 1.29 is 4.74 Å². The fraction of sp³-hybridized carbons (Fsp3) is 0.533. The number of unbranched alkanes of at least 4 members (excludes halogenated alkanes) is 1. The Hall–Kier alpha value is -0.630. The van der Waals surface area contributed by atoms with E-state index in [0.717, 1.165) is 24.8 Å². The summed E-state index contributed by atoms with van der Waals surface area (Å²) < 4.78 is 5.21. The van der Waals surface area contributed by atoms with E-state index in [4.69, 9.17) is 4.74 Å². The quantitative estimate of drug-likeness (QED) is 0.292. The van der Waals surface area contributed by atoms with Crippen LogP contribution >= 0.6 is 35.7 Å². The first-order valence-electron chi connectivity index (χ1n) is 6.86. The zero-order valence-corrected chi connectivity index (χ0v) is 16.2. The zero-order valence-electron chi connectivity index (χ0n) is 13.0. The van der Waals surface area contributed by atoms with Gasteiger partial charge in [-0.15, -0.1) is 24.0 Å². The Morgan fingerprint density at radius 1 is 1.29 bits per heavy atom. The van der Waals surface area contributed by atoms with E-state index in [2.05, 4.69) is 27.9 Å². The summed E-state index contributed by atoms with van der Waals surface area (Å²) in [7, 11) is 3.48. The molecule has 0 fully saturated rings. The molecule has 0 saturated carbocycles. The Morgan fingerprint density at radius 2 is 2.10 bits per heavy atom. The second kappa shape index (κ2) is 13.1. The third-order valence-corrected chi connectivity index (χ3v) is 3.58. The van der Waals surface area contributed by atoms with E-state index in [1.165, 1.54) is 24.2 Å². The lowest BCUT2D eigenvalue weighted by Crippen LogP contribution is -2.37. The van der Waals surface area contributed by atoms with Crippen LogP contribution in [-0.4, -0.2) is 38.7 Å². The number of hydrogen-bond acceptors (Lipinski definition) is 3. The SMILES string of the molecule is CN=C(NCCCCSC)NCc1cccc(OC)c1.I. The molecule has 0 aliphatic carbocycles. The van der Waals surface area contributed by atoms with Crippen LogP contribution in [0.15, 0.2) is 29.3 Å². The highest BCUT2D eigenvalue weighted by Gasteiger charge is 1.99. The van der Waals surface area contributed by atoms with Gasteiger partial charge in [0.2, 0.25) is 0 Å². The van der Waals surface area contributed by atoms with Gasteiger partial charge in [-0.05, 0) is 42.5 Å². The van der Waals surface area contributed by atoms with Gasteiger partial charge in [0.1, 0.15) is 5.75 Å². The highest BCUT2D eigenvalue weighted by molar-refractivity contribution is 14.0. The minimum atomic E-state index is 0. The molecular formula is C15H26IN3OS. The average Bonchev–Trinajstić information content (AvgIpc) is 2.50. The van der Waals surface area contributed by atoms with Gasteiger partial charge in [-0.3, -0.25) is 4.99 Å². The van der Waals surface area contributed by atoms with Crippen LogP contribution in [0.4, 0.5) is 0 Å². The number of aliphatic imine (C=N–C) groups is 1. The molecule has 1 aromatic carbocycles. The van der Waals surface area contributed by atoms with Crippen molar-refractivity contribution in [2.75, 3.05) is 32.7 Å². The first kappa shape index (κ1) is 20.4. The van der Waals surface area contributed by atoms with Crippen molar-refractivity contribution in [1.82, 2.24) is 10.6 Å². The summed E-state index contributed by atoms with van der Waals surface area (Å²) in [4.78, 5) is 4.22. The lowest BCUT2D eigenvalue weighted by atomic mass is 10.2. The van der Waals surface area contributed by atoms with Gasteiger partial charge in [-0.25, -0.2) is 0 Å². The second-order valence-corrected chi connectivity index (χ2v) is 5.39. The van der Waals surface area contributed by atoms with E-state index in [0.29, 0.717) is 0 Å².